The average molecular weight is 163 g/mol. The highest BCUT2D eigenvalue weighted by atomic mass is 15.1. The molecule has 2 rings (SSSR count). The molecule has 1 N–H and O–H groups in total. The summed E-state index contributed by atoms with van der Waals surface area (Å²) in [5.74, 6) is 0.471. The molecule has 2 heterocycles. The van der Waals surface area contributed by atoms with E-state index in [-0.39, 0.29) is 1.43 Å². The second-order valence-electron chi connectivity index (χ2n) is 3.18. The molecule has 0 atom stereocenters. The van der Waals surface area contributed by atoms with Crippen molar-refractivity contribution in [3.05, 3.63) is 24.2 Å². The predicted octanol–water partition coefficient (Wildman–Crippen LogP) is 2.33. The molecule has 64 valence electrons. The SMILES string of the molecule is CC(C)c1[nH]nc2ccncc12.[HH]. The standard InChI is InChI=1S/C9H11N3.H2/c1-6(2)9-7-5-10-4-3-8(7)11-12-9;/h3-6H,1-2H3,(H,11,12);1H. The predicted molar refractivity (Wildman–Crippen MR) is 50.1 cm³/mol. The van der Waals surface area contributed by atoms with Crippen LogP contribution in [0.25, 0.3) is 10.9 Å². The van der Waals surface area contributed by atoms with E-state index in [4.69, 9.17) is 0 Å². The molecule has 0 radical (unpaired) electrons. The van der Waals surface area contributed by atoms with Crippen LogP contribution in [-0.4, -0.2) is 15.2 Å². The van der Waals surface area contributed by atoms with Gasteiger partial charge in [-0.15, -0.1) is 0 Å². The van der Waals surface area contributed by atoms with Gasteiger partial charge in [0.1, 0.15) is 0 Å². The van der Waals surface area contributed by atoms with Gasteiger partial charge < -0.3 is 0 Å². The Morgan fingerprint density at radius 1 is 1.50 bits per heavy atom. The molecule has 0 saturated carbocycles. The van der Waals surface area contributed by atoms with E-state index in [1.165, 1.54) is 0 Å². The summed E-state index contributed by atoms with van der Waals surface area (Å²) in [5.41, 5.74) is 2.16. The summed E-state index contributed by atoms with van der Waals surface area (Å²) >= 11 is 0. The van der Waals surface area contributed by atoms with Gasteiger partial charge in [-0.25, -0.2) is 0 Å². The van der Waals surface area contributed by atoms with E-state index in [9.17, 15) is 0 Å². The van der Waals surface area contributed by atoms with Crippen LogP contribution in [0.3, 0.4) is 0 Å². The van der Waals surface area contributed by atoms with Gasteiger partial charge in [-0.1, -0.05) is 13.8 Å². The van der Waals surface area contributed by atoms with Gasteiger partial charge in [0.2, 0.25) is 0 Å². The summed E-state index contributed by atoms with van der Waals surface area (Å²) < 4.78 is 0. The van der Waals surface area contributed by atoms with E-state index in [0.29, 0.717) is 5.92 Å². The number of hydrogen-bond donors (Lipinski definition) is 1. The van der Waals surface area contributed by atoms with Crippen LogP contribution in [0.2, 0.25) is 0 Å². The van der Waals surface area contributed by atoms with Crippen LogP contribution in [0.15, 0.2) is 18.5 Å². The number of nitrogens with zero attached hydrogens (tertiary/aromatic N) is 2. The largest absolute Gasteiger partial charge is 0.281 e. The first-order valence-electron chi connectivity index (χ1n) is 4.07. The van der Waals surface area contributed by atoms with Crippen molar-refractivity contribution >= 4 is 10.9 Å². The maximum atomic E-state index is 4.17. The lowest BCUT2D eigenvalue weighted by atomic mass is 10.1. The van der Waals surface area contributed by atoms with E-state index in [1.807, 2.05) is 12.3 Å². The van der Waals surface area contributed by atoms with E-state index in [2.05, 4.69) is 29.0 Å². The molecule has 0 spiro atoms. The topological polar surface area (TPSA) is 41.6 Å². The zero-order valence-corrected chi connectivity index (χ0v) is 7.20. The van der Waals surface area contributed by atoms with Crippen molar-refractivity contribution in [1.82, 2.24) is 15.2 Å². The van der Waals surface area contributed by atoms with Crippen molar-refractivity contribution in [2.75, 3.05) is 0 Å². The van der Waals surface area contributed by atoms with Crippen LogP contribution in [0.1, 0.15) is 26.9 Å². The molecule has 3 nitrogen and oxygen atoms in total. The quantitative estimate of drug-likeness (QED) is 0.701. The number of aromatic nitrogens is 3. The fraction of sp³-hybridized carbons (Fsp3) is 0.333. The Bertz CT molecular complexity index is 394. The molecular formula is C9H13N3. The number of rotatable bonds is 1. The molecule has 0 saturated heterocycles. The maximum absolute atomic E-state index is 4.17. The summed E-state index contributed by atoms with van der Waals surface area (Å²) in [5, 5.41) is 8.33. The van der Waals surface area contributed by atoms with Crippen LogP contribution >= 0.6 is 0 Å². The number of pyridine rings is 1. The second-order valence-corrected chi connectivity index (χ2v) is 3.18. The van der Waals surface area contributed by atoms with Crippen molar-refractivity contribution in [3.63, 3.8) is 0 Å². The highest BCUT2D eigenvalue weighted by Gasteiger charge is 2.07. The van der Waals surface area contributed by atoms with Crippen LogP contribution in [-0.2, 0) is 0 Å². The van der Waals surface area contributed by atoms with Gasteiger partial charge in [-0.3, -0.25) is 10.1 Å². The molecular weight excluding hydrogens is 150 g/mol. The first-order chi connectivity index (χ1) is 5.79. The average Bonchev–Trinajstić information content (AvgIpc) is 2.47. The van der Waals surface area contributed by atoms with Gasteiger partial charge in [0.15, 0.2) is 0 Å². The van der Waals surface area contributed by atoms with Gasteiger partial charge in [0.05, 0.1) is 5.52 Å². The van der Waals surface area contributed by atoms with E-state index < -0.39 is 0 Å². The molecule has 0 unspecified atom stereocenters. The number of H-pyrrole nitrogens is 1. The Balaban J connectivity index is 0.000000845. The lowest BCUT2D eigenvalue weighted by molar-refractivity contribution is 0.817. The van der Waals surface area contributed by atoms with E-state index in [1.54, 1.807) is 6.20 Å². The smallest absolute Gasteiger partial charge is 0.0954 e. The fourth-order valence-corrected chi connectivity index (χ4v) is 1.31. The van der Waals surface area contributed by atoms with Crippen LogP contribution in [0.5, 0.6) is 0 Å². The number of aromatic amines is 1. The third-order valence-corrected chi connectivity index (χ3v) is 1.96. The Morgan fingerprint density at radius 3 is 3.08 bits per heavy atom. The number of fused-ring (bicyclic) bond motifs is 1. The maximum Gasteiger partial charge on any atom is 0.0954 e. The van der Waals surface area contributed by atoms with Crippen LogP contribution in [0, 0.1) is 0 Å². The van der Waals surface area contributed by atoms with Gasteiger partial charge in [0.25, 0.3) is 0 Å². The molecule has 2 aromatic heterocycles. The minimum Gasteiger partial charge on any atom is -0.281 e. The lowest BCUT2D eigenvalue weighted by Gasteiger charge is -1.99. The minimum absolute atomic E-state index is 0. The number of nitrogens with one attached hydrogen (secondary N) is 1. The summed E-state index contributed by atoms with van der Waals surface area (Å²) in [4.78, 5) is 4.07. The van der Waals surface area contributed by atoms with Crippen molar-refractivity contribution < 1.29 is 1.43 Å². The summed E-state index contributed by atoms with van der Waals surface area (Å²) in [6.07, 6.45) is 3.61. The highest BCUT2D eigenvalue weighted by molar-refractivity contribution is 5.80. The van der Waals surface area contributed by atoms with E-state index in [0.717, 1.165) is 16.6 Å². The second kappa shape index (κ2) is 2.59. The van der Waals surface area contributed by atoms with Gasteiger partial charge in [-0.2, -0.15) is 5.10 Å². The number of hydrogen-bond acceptors (Lipinski definition) is 2. The molecule has 0 amide bonds. The highest BCUT2D eigenvalue weighted by Crippen LogP contribution is 2.20. The molecule has 0 aliphatic carbocycles. The normalized spacial score (nSPS) is 11.2. The Kier molecular flexibility index (Phi) is 1.57. The zero-order chi connectivity index (χ0) is 8.55. The summed E-state index contributed by atoms with van der Waals surface area (Å²) in [6, 6.07) is 1.91. The fourth-order valence-electron chi connectivity index (χ4n) is 1.31. The van der Waals surface area contributed by atoms with Crippen LogP contribution in [0.4, 0.5) is 0 Å². The Hall–Kier alpha value is -1.38. The van der Waals surface area contributed by atoms with Crippen molar-refractivity contribution in [2.45, 2.75) is 19.8 Å². The molecule has 0 aliphatic heterocycles. The monoisotopic (exact) mass is 163 g/mol. The molecule has 0 fully saturated rings. The van der Waals surface area contributed by atoms with Gasteiger partial charge in [-0.05, 0) is 12.0 Å². The van der Waals surface area contributed by atoms with Crippen LogP contribution < -0.4 is 0 Å². The van der Waals surface area contributed by atoms with Crippen molar-refractivity contribution in [3.8, 4) is 0 Å². The van der Waals surface area contributed by atoms with Gasteiger partial charge >= 0.3 is 0 Å². The molecule has 2 aromatic rings. The third-order valence-electron chi connectivity index (χ3n) is 1.96. The molecule has 0 aliphatic rings. The molecule has 3 heteroatoms. The van der Waals surface area contributed by atoms with Crippen molar-refractivity contribution in [2.24, 2.45) is 0 Å². The Labute approximate surface area is 72.3 Å². The van der Waals surface area contributed by atoms with Crippen molar-refractivity contribution in [1.29, 1.82) is 0 Å². The Morgan fingerprint density at radius 2 is 2.33 bits per heavy atom. The first kappa shape index (κ1) is 7.28. The molecule has 0 aromatic carbocycles. The minimum atomic E-state index is 0. The summed E-state index contributed by atoms with van der Waals surface area (Å²) in [6.45, 7) is 4.28. The molecule has 0 bridgehead atoms. The molecule has 12 heavy (non-hydrogen) atoms. The third kappa shape index (κ3) is 0.978. The van der Waals surface area contributed by atoms with E-state index >= 15 is 0 Å². The summed E-state index contributed by atoms with van der Waals surface area (Å²) in [7, 11) is 0. The first-order valence-corrected chi connectivity index (χ1v) is 4.07. The zero-order valence-electron chi connectivity index (χ0n) is 7.20. The van der Waals surface area contributed by atoms with Gasteiger partial charge in [0, 0.05) is 24.9 Å². The lowest BCUT2D eigenvalue weighted by Crippen LogP contribution is -1.87.